The van der Waals surface area contributed by atoms with Gasteiger partial charge in [-0.25, -0.2) is 0 Å². The Balaban J connectivity index is 2.35. The summed E-state index contributed by atoms with van der Waals surface area (Å²) in [6.07, 6.45) is 13.7. The van der Waals surface area contributed by atoms with Crippen LogP contribution in [-0.4, -0.2) is 12.6 Å². The number of benzene rings is 1. The lowest BCUT2D eigenvalue weighted by molar-refractivity contribution is -0.139. The largest absolute Gasteiger partial charge is 0.461 e. The van der Waals surface area contributed by atoms with Crippen LogP contribution in [-0.2, 0) is 16.0 Å². The molecule has 1 rings (SSSR count). The molecule has 0 aliphatic rings. The number of ether oxygens (including phenoxy) is 1. The molecule has 0 spiro atoms. The molecule has 0 saturated heterocycles. The number of aryl methyl sites for hydroxylation is 1. The Labute approximate surface area is 148 Å². The molecule has 1 aromatic rings. The summed E-state index contributed by atoms with van der Waals surface area (Å²) in [7, 11) is 0. The summed E-state index contributed by atoms with van der Waals surface area (Å²) < 4.78 is 5.08. The first-order valence-corrected chi connectivity index (χ1v) is 9.57. The molecule has 0 atom stereocenters. The van der Waals surface area contributed by atoms with Gasteiger partial charge >= 0.3 is 5.97 Å². The molecular weight excluding hydrogens is 296 g/mol. The minimum absolute atomic E-state index is 0.223. The van der Waals surface area contributed by atoms with Crippen molar-refractivity contribution < 1.29 is 9.53 Å². The summed E-state index contributed by atoms with van der Waals surface area (Å²) in [5, 5.41) is 0. The third-order valence-corrected chi connectivity index (χ3v) is 4.33. The molecule has 2 nitrogen and oxygen atoms in total. The normalized spacial score (nSPS) is 11.5. The quantitative estimate of drug-likeness (QED) is 0.330. The van der Waals surface area contributed by atoms with Crippen LogP contribution >= 0.6 is 0 Å². The molecule has 0 aliphatic carbocycles. The fourth-order valence-corrected chi connectivity index (χ4v) is 2.74. The van der Waals surface area contributed by atoms with Crippen LogP contribution < -0.4 is 0 Å². The molecule has 0 aromatic heterocycles. The Bertz CT molecular complexity index is 485. The molecule has 0 bridgehead atoms. The van der Waals surface area contributed by atoms with Crippen molar-refractivity contribution in [2.24, 2.45) is 0 Å². The summed E-state index contributed by atoms with van der Waals surface area (Å²) in [6.45, 7) is 6.19. The van der Waals surface area contributed by atoms with Crippen molar-refractivity contribution in [3.05, 3.63) is 41.0 Å². The number of carbonyl (C=O) groups excluding carboxylic acids is 1. The van der Waals surface area contributed by atoms with Gasteiger partial charge in [0, 0.05) is 6.92 Å². The van der Waals surface area contributed by atoms with E-state index in [1.807, 2.05) is 0 Å². The van der Waals surface area contributed by atoms with Crippen LogP contribution in [0.1, 0.15) is 83.3 Å². The summed E-state index contributed by atoms with van der Waals surface area (Å²) >= 11 is 0. The molecule has 2 heteroatoms. The highest BCUT2D eigenvalue weighted by molar-refractivity contribution is 5.66. The monoisotopic (exact) mass is 330 g/mol. The van der Waals surface area contributed by atoms with Crippen LogP contribution in [0.2, 0.25) is 0 Å². The minimum Gasteiger partial charge on any atom is -0.461 e. The first-order chi connectivity index (χ1) is 11.7. The van der Waals surface area contributed by atoms with Crippen molar-refractivity contribution in [3.8, 4) is 0 Å². The SMILES string of the molecule is CCCCCCCCCc1ccc(/C=C(\CC)COC(C)=O)cc1. The Morgan fingerprint density at radius 1 is 0.958 bits per heavy atom. The van der Waals surface area contributed by atoms with E-state index in [0.717, 1.165) is 12.0 Å². The molecule has 134 valence electrons. The van der Waals surface area contributed by atoms with Crippen LogP contribution in [0.5, 0.6) is 0 Å². The van der Waals surface area contributed by atoms with Crippen molar-refractivity contribution in [2.45, 2.75) is 78.6 Å². The zero-order valence-corrected chi connectivity index (χ0v) is 15.8. The van der Waals surface area contributed by atoms with Gasteiger partial charge < -0.3 is 4.74 Å². The molecule has 0 aliphatic heterocycles. The first kappa shape index (κ1) is 20.5. The first-order valence-electron chi connectivity index (χ1n) is 9.57. The Kier molecular flexibility index (Phi) is 10.9. The Hall–Kier alpha value is -1.57. The van der Waals surface area contributed by atoms with Crippen LogP contribution in [0.4, 0.5) is 0 Å². The van der Waals surface area contributed by atoms with Crippen molar-refractivity contribution in [1.29, 1.82) is 0 Å². The average molecular weight is 331 g/mol. The van der Waals surface area contributed by atoms with Crippen molar-refractivity contribution in [3.63, 3.8) is 0 Å². The van der Waals surface area contributed by atoms with E-state index in [1.54, 1.807) is 0 Å². The Morgan fingerprint density at radius 2 is 1.58 bits per heavy atom. The zero-order valence-electron chi connectivity index (χ0n) is 15.8. The fraction of sp³-hybridized carbons (Fsp3) is 0.591. The number of rotatable bonds is 12. The van der Waals surface area contributed by atoms with Crippen LogP contribution in [0, 0.1) is 0 Å². The van der Waals surface area contributed by atoms with Crippen LogP contribution in [0.3, 0.4) is 0 Å². The van der Waals surface area contributed by atoms with Gasteiger partial charge in [-0.2, -0.15) is 0 Å². The maximum absolute atomic E-state index is 10.9. The van der Waals surface area contributed by atoms with Gasteiger partial charge in [-0.3, -0.25) is 4.79 Å². The molecule has 0 amide bonds. The third kappa shape index (κ3) is 9.54. The molecular formula is C22H34O2. The van der Waals surface area contributed by atoms with E-state index in [-0.39, 0.29) is 5.97 Å². The maximum Gasteiger partial charge on any atom is 0.302 e. The van der Waals surface area contributed by atoms with Gasteiger partial charge in [0.15, 0.2) is 0 Å². The second kappa shape index (κ2) is 12.8. The highest BCUT2D eigenvalue weighted by atomic mass is 16.5. The van der Waals surface area contributed by atoms with Gasteiger partial charge in [0.1, 0.15) is 6.61 Å². The second-order valence-electron chi connectivity index (χ2n) is 6.55. The van der Waals surface area contributed by atoms with E-state index in [9.17, 15) is 4.79 Å². The fourth-order valence-electron chi connectivity index (χ4n) is 2.74. The van der Waals surface area contributed by atoms with Crippen LogP contribution in [0.15, 0.2) is 29.8 Å². The number of unbranched alkanes of at least 4 members (excludes halogenated alkanes) is 6. The third-order valence-electron chi connectivity index (χ3n) is 4.33. The minimum atomic E-state index is -0.223. The molecule has 0 fully saturated rings. The van der Waals surface area contributed by atoms with Gasteiger partial charge in [0.2, 0.25) is 0 Å². The van der Waals surface area contributed by atoms with E-state index >= 15 is 0 Å². The number of esters is 1. The molecule has 0 N–H and O–H groups in total. The Morgan fingerprint density at radius 3 is 2.17 bits per heavy atom. The predicted molar refractivity (Wildman–Crippen MR) is 103 cm³/mol. The number of hydrogen-bond donors (Lipinski definition) is 0. The average Bonchev–Trinajstić information content (AvgIpc) is 2.59. The maximum atomic E-state index is 10.9. The topological polar surface area (TPSA) is 26.3 Å². The van der Waals surface area contributed by atoms with Crippen molar-refractivity contribution in [1.82, 2.24) is 0 Å². The lowest BCUT2D eigenvalue weighted by Gasteiger charge is -2.06. The molecule has 0 unspecified atom stereocenters. The highest BCUT2D eigenvalue weighted by Crippen LogP contribution is 2.14. The van der Waals surface area contributed by atoms with E-state index in [0.29, 0.717) is 6.61 Å². The number of hydrogen-bond acceptors (Lipinski definition) is 2. The highest BCUT2D eigenvalue weighted by Gasteiger charge is 2.00. The summed E-state index contributed by atoms with van der Waals surface area (Å²) in [4.78, 5) is 10.9. The molecule has 0 radical (unpaired) electrons. The number of carbonyl (C=O) groups is 1. The molecule has 0 heterocycles. The van der Waals surface area contributed by atoms with Gasteiger partial charge in [-0.15, -0.1) is 0 Å². The zero-order chi connectivity index (χ0) is 17.6. The standard InChI is InChI=1S/C22H34O2/c1-4-6-7-8-9-10-11-12-21-13-15-22(16-14-21)17-20(5-2)18-24-19(3)23/h13-17H,4-12,18H2,1-3H3/b20-17+. The molecule has 1 aromatic carbocycles. The van der Waals surface area contributed by atoms with Crippen molar-refractivity contribution in [2.75, 3.05) is 6.61 Å². The van der Waals surface area contributed by atoms with Gasteiger partial charge in [-0.05, 0) is 36.0 Å². The molecule has 0 saturated carbocycles. The summed E-state index contributed by atoms with van der Waals surface area (Å²) in [6, 6.07) is 8.78. The lowest BCUT2D eigenvalue weighted by atomic mass is 10.0. The van der Waals surface area contributed by atoms with Gasteiger partial charge in [-0.1, -0.05) is 82.7 Å². The van der Waals surface area contributed by atoms with Crippen LogP contribution in [0.25, 0.3) is 6.08 Å². The van der Waals surface area contributed by atoms with Gasteiger partial charge in [0.05, 0.1) is 0 Å². The predicted octanol–water partition coefficient (Wildman–Crippen LogP) is 6.34. The van der Waals surface area contributed by atoms with E-state index < -0.39 is 0 Å². The summed E-state index contributed by atoms with van der Waals surface area (Å²) in [5.74, 6) is -0.223. The van der Waals surface area contributed by atoms with E-state index in [4.69, 9.17) is 4.74 Å². The smallest absolute Gasteiger partial charge is 0.302 e. The summed E-state index contributed by atoms with van der Waals surface area (Å²) in [5.41, 5.74) is 3.74. The van der Waals surface area contributed by atoms with E-state index in [2.05, 4.69) is 44.2 Å². The van der Waals surface area contributed by atoms with E-state index in [1.165, 1.54) is 69.4 Å². The second-order valence-corrected chi connectivity index (χ2v) is 6.55. The molecule has 24 heavy (non-hydrogen) atoms. The lowest BCUT2D eigenvalue weighted by Crippen LogP contribution is -2.02. The van der Waals surface area contributed by atoms with Gasteiger partial charge in [0.25, 0.3) is 0 Å². The van der Waals surface area contributed by atoms with Crippen molar-refractivity contribution >= 4 is 12.0 Å².